The van der Waals surface area contributed by atoms with Gasteiger partial charge >= 0.3 is 17.9 Å². The molecule has 0 bridgehead atoms. The Hall–Kier alpha value is -3.93. The third-order valence-corrected chi connectivity index (χ3v) is 14.3. The van der Waals surface area contributed by atoms with Crippen molar-refractivity contribution in [2.24, 2.45) is 0 Å². The molecular formula is C73H124O6. The van der Waals surface area contributed by atoms with E-state index in [-0.39, 0.29) is 31.6 Å². The predicted octanol–water partition coefficient (Wildman–Crippen LogP) is 23.0. The van der Waals surface area contributed by atoms with Crippen LogP contribution < -0.4 is 0 Å². The highest BCUT2D eigenvalue weighted by atomic mass is 16.6. The highest BCUT2D eigenvalue weighted by molar-refractivity contribution is 5.72. The number of hydrogen-bond donors (Lipinski definition) is 0. The van der Waals surface area contributed by atoms with Gasteiger partial charge in [-0.15, -0.1) is 0 Å². The fourth-order valence-electron chi connectivity index (χ4n) is 9.39. The molecule has 0 fully saturated rings. The van der Waals surface area contributed by atoms with Gasteiger partial charge in [0.15, 0.2) is 6.10 Å². The second-order valence-electron chi connectivity index (χ2n) is 22.0. The highest BCUT2D eigenvalue weighted by Gasteiger charge is 2.19. The van der Waals surface area contributed by atoms with Crippen molar-refractivity contribution in [1.82, 2.24) is 0 Å². The lowest BCUT2D eigenvalue weighted by Crippen LogP contribution is -2.30. The number of hydrogen-bond acceptors (Lipinski definition) is 6. The molecule has 452 valence electrons. The van der Waals surface area contributed by atoms with Crippen molar-refractivity contribution in [2.45, 2.75) is 322 Å². The summed E-state index contributed by atoms with van der Waals surface area (Å²) in [6, 6.07) is 0. The summed E-state index contributed by atoms with van der Waals surface area (Å²) in [6.45, 7) is 6.35. The van der Waals surface area contributed by atoms with Crippen LogP contribution in [0.3, 0.4) is 0 Å². The summed E-state index contributed by atoms with van der Waals surface area (Å²) < 4.78 is 16.8. The number of allylic oxidation sites excluding steroid dienone is 17. The summed E-state index contributed by atoms with van der Waals surface area (Å²) in [5.41, 5.74) is 0. The van der Waals surface area contributed by atoms with Crippen molar-refractivity contribution < 1.29 is 28.6 Å². The van der Waals surface area contributed by atoms with Crippen LogP contribution in [-0.4, -0.2) is 37.2 Å². The normalized spacial score (nSPS) is 12.8. The summed E-state index contributed by atoms with van der Waals surface area (Å²) >= 11 is 0. The van der Waals surface area contributed by atoms with Gasteiger partial charge < -0.3 is 14.2 Å². The van der Waals surface area contributed by atoms with Crippen molar-refractivity contribution in [3.8, 4) is 0 Å². The second kappa shape index (κ2) is 66.6. The van der Waals surface area contributed by atoms with Crippen LogP contribution in [-0.2, 0) is 28.6 Å². The van der Waals surface area contributed by atoms with Crippen LogP contribution >= 0.6 is 0 Å². The molecule has 0 saturated carbocycles. The molecule has 0 spiro atoms. The molecule has 0 heterocycles. The summed E-state index contributed by atoms with van der Waals surface area (Å²) in [6.07, 6.45) is 91.4. The lowest BCUT2D eigenvalue weighted by molar-refractivity contribution is -0.166. The first-order valence-corrected chi connectivity index (χ1v) is 33.4. The van der Waals surface area contributed by atoms with Gasteiger partial charge in [0.1, 0.15) is 13.2 Å². The zero-order valence-electron chi connectivity index (χ0n) is 51.9. The number of ether oxygens (including phenoxy) is 3. The summed E-state index contributed by atoms with van der Waals surface area (Å²) in [4.78, 5) is 38.3. The van der Waals surface area contributed by atoms with E-state index in [0.29, 0.717) is 12.8 Å². The lowest BCUT2D eigenvalue weighted by Gasteiger charge is -2.18. The summed E-state index contributed by atoms with van der Waals surface area (Å²) in [5, 5.41) is 0. The maximum Gasteiger partial charge on any atom is 0.309 e. The molecule has 0 aromatic heterocycles. The molecule has 0 aromatic carbocycles. The van der Waals surface area contributed by atoms with E-state index < -0.39 is 12.1 Å². The first-order valence-electron chi connectivity index (χ1n) is 33.4. The Labute approximate surface area is 489 Å². The van der Waals surface area contributed by atoms with Crippen LogP contribution in [0.25, 0.3) is 0 Å². The van der Waals surface area contributed by atoms with Gasteiger partial charge in [-0.2, -0.15) is 0 Å². The van der Waals surface area contributed by atoms with Crippen molar-refractivity contribution in [3.63, 3.8) is 0 Å². The van der Waals surface area contributed by atoms with Gasteiger partial charge in [-0.25, -0.2) is 0 Å². The van der Waals surface area contributed by atoms with Crippen LogP contribution in [0.15, 0.2) is 109 Å². The Morgan fingerprint density at radius 3 is 0.886 bits per heavy atom. The van der Waals surface area contributed by atoms with E-state index in [1.54, 1.807) is 6.08 Å². The zero-order chi connectivity index (χ0) is 57.1. The average molecular weight is 1100 g/mol. The van der Waals surface area contributed by atoms with Gasteiger partial charge in [-0.05, 0) is 83.5 Å². The standard InChI is InChI=1S/C73H124O6/c1-4-7-10-13-16-19-22-25-28-30-32-33-34-35-36-37-38-39-41-42-45-48-51-54-57-60-63-66-72(75)78-69-70(68-77-71(74)65-62-59-56-53-50-47-44-27-24-21-18-15-12-9-6-3)79-73(76)67-64-61-58-55-52-49-46-43-40-31-29-26-23-20-17-14-11-8-5-2/h8-9,11-12,17-18,20-21,26-27,29,40,43-44,50,53,59,62,70H,4-7,10,13-16,19,22-25,28,30-39,41-42,45-49,51-52,54-58,60-61,63-69H2,1-3H3/b11-8-,12-9-,20-17-,21-18-,29-26-,43-40-,44-27-,53-50-,62-59-. The largest absolute Gasteiger partial charge is 0.462 e. The number of carbonyl (C=O) groups is 3. The fraction of sp³-hybridized carbons (Fsp3) is 0.712. The molecule has 1 unspecified atom stereocenters. The molecule has 0 rings (SSSR count). The Bertz CT molecular complexity index is 1590. The molecule has 0 saturated heterocycles. The Balaban J connectivity index is 4.35. The van der Waals surface area contributed by atoms with Gasteiger partial charge in [0.2, 0.25) is 0 Å². The fourth-order valence-corrected chi connectivity index (χ4v) is 9.39. The topological polar surface area (TPSA) is 78.9 Å². The number of rotatable bonds is 60. The van der Waals surface area contributed by atoms with Gasteiger partial charge in [0, 0.05) is 12.8 Å². The molecule has 0 radical (unpaired) electrons. The average Bonchev–Trinajstić information content (AvgIpc) is 3.45. The van der Waals surface area contributed by atoms with Crippen LogP contribution in [0, 0.1) is 0 Å². The van der Waals surface area contributed by atoms with E-state index >= 15 is 0 Å². The monoisotopic (exact) mass is 1100 g/mol. The zero-order valence-corrected chi connectivity index (χ0v) is 51.9. The number of unbranched alkanes of at least 4 members (excludes halogenated alkanes) is 32. The third-order valence-electron chi connectivity index (χ3n) is 14.3. The molecule has 0 amide bonds. The van der Waals surface area contributed by atoms with Gasteiger partial charge in [-0.1, -0.05) is 323 Å². The molecule has 1 atom stereocenters. The quantitative estimate of drug-likeness (QED) is 0.0261. The summed E-state index contributed by atoms with van der Waals surface area (Å²) in [5.74, 6) is -1.05. The summed E-state index contributed by atoms with van der Waals surface area (Å²) in [7, 11) is 0. The maximum absolute atomic E-state index is 12.9. The van der Waals surface area contributed by atoms with Crippen molar-refractivity contribution in [1.29, 1.82) is 0 Å². The van der Waals surface area contributed by atoms with Crippen LogP contribution in [0.5, 0.6) is 0 Å². The molecular weight excluding hydrogens is 973 g/mol. The van der Waals surface area contributed by atoms with Crippen molar-refractivity contribution in [3.05, 3.63) is 109 Å². The molecule has 0 aliphatic carbocycles. The van der Waals surface area contributed by atoms with Gasteiger partial charge in [0.05, 0.1) is 6.42 Å². The molecule has 0 aromatic rings. The molecule has 0 aliphatic rings. The van der Waals surface area contributed by atoms with Crippen LogP contribution in [0.4, 0.5) is 0 Å². The van der Waals surface area contributed by atoms with Crippen molar-refractivity contribution >= 4 is 17.9 Å². The highest BCUT2D eigenvalue weighted by Crippen LogP contribution is 2.17. The third kappa shape index (κ3) is 64.8. The minimum atomic E-state index is -0.828. The van der Waals surface area contributed by atoms with Crippen molar-refractivity contribution in [2.75, 3.05) is 13.2 Å². The minimum absolute atomic E-state index is 0.113. The molecule has 79 heavy (non-hydrogen) atoms. The second-order valence-corrected chi connectivity index (χ2v) is 22.0. The molecule has 0 aliphatic heterocycles. The van der Waals surface area contributed by atoms with Crippen LogP contribution in [0.2, 0.25) is 0 Å². The first kappa shape index (κ1) is 75.1. The maximum atomic E-state index is 12.9. The van der Waals surface area contributed by atoms with E-state index in [4.69, 9.17) is 14.2 Å². The number of carbonyl (C=O) groups excluding carboxylic acids is 3. The first-order chi connectivity index (χ1) is 39.0. The van der Waals surface area contributed by atoms with Gasteiger partial charge in [-0.3, -0.25) is 14.4 Å². The number of esters is 3. The Morgan fingerprint density at radius 1 is 0.278 bits per heavy atom. The van der Waals surface area contributed by atoms with E-state index in [2.05, 4.69) is 118 Å². The SMILES string of the molecule is CC/C=C\C/C=C\C/C=C\C/C=C\C/C=C\CC(=O)OCC(COC(=O)CCCCCCCCCCCCCCCCCCCCCCCCCCCCC)OC(=O)CCCCCCCC/C=C\C/C=C\C/C=C\C/C=C\CC. The predicted molar refractivity (Wildman–Crippen MR) is 343 cm³/mol. The smallest absolute Gasteiger partial charge is 0.309 e. The molecule has 6 heteroatoms. The van der Waals surface area contributed by atoms with E-state index in [1.807, 2.05) is 6.08 Å². The Kier molecular flexibility index (Phi) is 63.3. The van der Waals surface area contributed by atoms with Crippen LogP contribution in [0.1, 0.15) is 316 Å². The van der Waals surface area contributed by atoms with E-state index in [9.17, 15) is 14.4 Å². The lowest BCUT2D eigenvalue weighted by atomic mass is 10.0. The molecule has 6 nitrogen and oxygen atoms in total. The van der Waals surface area contributed by atoms with E-state index in [0.717, 1.165) is 109 Å². The minimum Gasteiger partial charge on any atom is -0.462 e. The Morgan fingerprint density at radius 2 is 0.544 bits per heavy atom. The van der Waals surface area contributed by atoms with E-state index in [1.165, 1.54) is 167 Å². The molecule has 0 N–H and O–H groups in total. The van der Waals surface area contributed by atoms with Gasteiger partial charge in [0.25, 0.3) is 0 Å².